The molecule has 0 atom stereocenters. The third kappa shape index (κ3) is 9.54. The number of benzene rings is 1. The number of hydrogen-bond donors (Lipinski definition) is 0. The van der Waals surface area contributed by atoms with Crippen LogP contribution in [0.4, 0.5) is 0 Å². The summed E-state index contributed by atoms with van der Waals surface area (Å²) < 4.78 is 9.96. The highest BCUT2D eigenvalue weighted by molar-refractivity contribution is 7.99. The number of thioether (sulfide) groups is 1. The highest BCUT2D eigenvalue weighted by atomic mass is 32.2. The lowest BCUT2D eigenvalue weighted by Gasteiger charge is -2.14. The number of unbranched alkanes of at least 4 members (excludes halogenated alkanes) is 4. The molecular weight excluding hydrogens is 336 g/mol. The van der Waals surface area contributed by atoms with Gasteiger partial charge in [0.2, 0.25) is 0 Å². The van der Waals surface area contributed by atoms with E-state index >= 15 is 0 Å². The molecule has 0 aromatic heterocycles. The Bertz CT molecular complexity index is 472. The third-order valence-electron chi connectivity index (χ3n) is 3.79. The highest BCUT2D eigenvalue weighted by Crippen LogP contribution is 2.20. The zero-order valence-corrected chi connectivity index (χ0v) is 16.2. The lowest BCUT2D eigenvalue weighted by atomic mass is 10.0. The minimum Gasteiger partial charge on any atom is -0.465 e. The van der Waals surface area contributed by atoms with Crippen LogP contribution in [-0.4, -0.2) is 30.9 Å². The van der Waals surface area contributed by atoms with Crippen molar-refractivity contribution in [3.8, 4) is 0 Å². The molecule has 0 unspecified atom stereocenters. The molecule has 0 aliphatic heterocycles. The second-order valence-corrected chi connectivity index (χ2v) is 6.94. The van der Waals surface area contributed by atoms with E-state index in [0.717, 1.165) is 25.0 Å². The van der Waals surface area contributed by atoms with Crippen LogP contribution in [0.1, 0.15) is 52.4 Å². The number of hydrogen-bond acceptors (Lipinski definition) is 5. The summed E-state index contributed by atoms with van der Waals surface area (Å²) >= 11 is 1.89. The van der Waals surface area contributed by atoms with Crippen LogP contribution in [0.25, 0.3) is 0 Å². The Morgan fingerprint density at radius 2 is 1.44 bits per heavy atom. The maximum atomic E-state index is 11.9. The molecule has 0 radical (unpaired) electrons. The molecule has 0 spiro atoms. The number of ether oxygens (including phenoxy) is 2. The molecule has 5 heteroatoms. The Balaban J connectivity index is 2.14. The molecule has 1 aromatic carbocycles. The van der Waals surface area contributed by atoms with Gasteiger partial charge in [0.1, 0.15) is 0 Å². The summed E-state index contributed by atoms with van der Waals surface area (Å²) in [4.78, 5) is 25.1. The largest absolute Gasteiger partial charge is 0.465 e. The average molecular weight is 367 g/mol. The number of rotatable bonds is 13. The molecular formula is C20H30O4S. The maximum Gasteiger partial charge on any atom is 0.320 e. The summed E-state index contributed by atoms with van der Waals surface area (Å²) in [5.41, 5.74) is 0. The summed E-state index contributed by atoms with van der Waals surface area (Å²) in [5, 5.41) is 0. The molecule has 0 saturated heterocycles. The molecule has 0 bridgehead atoms. The van der Waals surface area contributed by atoms with Crippen molar-refractivity contribution in [1.82, 2.24) is 0 Å². The Hall–Kier alpha value is -1.49. The van der Waals surface area contributed by atoms with Crippen molar-refractivity contribution >= 4 is 23.7 Å². The fourth-order valence-electron chi connectivity index (χ4n) is 2.51. The standard InChI is InChI=1S/C20H30O4S/c1-3-23-19(21)18(20(22)24-4-2)15-11-6-5-7-12-16-25-17-13-9-8-10-14-17/h8-10,13-14,18H,3-7,11-12,15-16H2,1-2H3. The van der Waals surface area contributed by atoms with Crippen LogP contribution in [0.2, 0.25) is 0 Å². The highest BCUT2D eigenvalue weighted by Gasteiger charge is 2.28. The van der Waals surface area contributed by atoms with Crippen molar-refractivity contribution in [3.05, 3.63) is 30.3 Å². The minimum atomic E-state index is -0.770. The third-order valence-corrected chi connectivity index (χ3v) is 4.89. The fourth-order valence-corrected chi connectivity index (χ4v) is 3.44. The van der Waals surface area contributed by atoms with Crippen molar-refractivity contribution in [2.75, 3.05) is 19.0 Å². The molecule has 0 amide bonds. The van der Waals surface area contributed by atoms with Gasteiger partial charge in [-0.1, -0.05) is 43.9 Å². The predicted molar refractivity (Wildman–Crippen MR) is 102 cm³/mol. The predicted octanol–water partition coefficient (Wildman–Crippen LogP) is 4.86. The topological polar surface area (TPSA) is 52.6 Å². The Labute approximate surface area is 155 Å². The SMILES string of the molecule is CCOC(=O)C(CCCCCCCSc1ccccc1)C(=O)OCC. The minimum absolute atomic E-state index is 0.286. The lowest BCUT2D eigenvalue weighted by Crippen LogP contribution is -2.28. The van der Waals surface area contributed by atoms with E-state index in [2.05, 4.69) is 24.3 Å². The summed E-state index contributed by atoms with van der Waals surface area (Å²) in [6, 6.07) is 10.4. The second-order valence-electron chi connectivity index (χ2n) is 5.77. The van der Waals surface area contributed by atoms with Crippen molar-refractivity contribution < 1.29 is 19.1 Å². The first-order valence-corrected chi connectivity index (χ1v) is 10.2. The van der Waals surface area contributed by atoms with E-state index in [4.69, 9.17) is 9.47 Å². The van der Waals surface area contributed by atoms with E-state index in [0.29, 0.717) is 6.42 Å². The van der Waals surface area contributed by atoms with Crippen LogP contribution < -0.4 is 0 Å². The zero-order chi connectivity index (χ0) is 18.3. The second kappa shape index (κ2) is 13.8. The fraction of sp³-hybridized carbons (Fsp3) is 0.600. The molecule has 0 heterocycles. The Kier molecular flexibility index (Phi) is 11.9. The first-order chi connectivity index (χ1) is 12.2. The summed E-state index contributed by atoms with van der Waals surface area (Å²) in [6.07, 6.45) is 5.84. The number of esters is 2. The molecule has 0 N–H and O–H groups in total. The number of carbonyl (C=O) groups excluding carboxylic acids is 2. The van der Waals surface area contributed by atoms with Gasteiger partial charge in [-0.3, -0.25) is 9.59 Å². The quantitative estimate of drug-likeness (QED) is 0.216. The van der Waals surface area contributed by atoms with Gasteiger partial charge in [0.25, 0.3) is 0 Å². The van der Waals surface area contributed by atoms with Crippen molar-refractivity contribution in [2.45, 2.75) is 57.3 Å². The van der Waals surface area contributed by atoms with Crippen molar-refractivity contribution in [1.29, 1.82) is 0 Å². The van der Waals surface area contributed by atoms with Gasteiger partial charge >= 0.3 is 11.9 Å². The monoisotopic (exact) mass is 366 g/mol. The van der Waals surface area contributed by atoms with E-state index in [1.165, 1.54) is 17.7 Å². The van der Waals surface area contributed by atoms with Gasteiger partial charge in [-0.05, 0) is 44.6 Å². The molecule has 0 saturated carbocycles. The Morgan fingerprint density at radius 1 is 0.880 bits per heavy atom. The van der Waals surface area contributed by atoms with E-state index in [-0.39, 0.29) is 13.2 Å². The van der Waals surface area contributed by atoms with E-state index in [1.54, 1.807) is 13.8 Å². The van der Waals surface area contributed by atoms with Crippen molar-refractivity contribution in [3.63, 3.8) is 0 Å². The van der Waals surface area contributed by atoms with Gasteiger partial charge in [0.05, 0.1) is 13.2 Å². The molecule has 0 aliphatic carbocycles. The zero-order valence-electron chi connectivity index (χ0n) is 15.4. The number of carbonyl (C=O) groups is 2. The van der Waals surface area contributed by atoms with Gasteiger partial charge < -0.3 is 9.47 Å². The molecule has 1 aromatic rings. The van der Waals surface area contributed by atoms with Gasteiger partial charge in [0, 0.05) is 4.90 Å². The summed E-state index contributed by atoms with van der Waals surface area (Å²) in [5.74, 6) is -0.563. The Morgan fingerprint density at radius 3 is 2.04 bits per heavy atom. The molecule has 0 fully saturated rings. The van der Waals surface area contributed by atoms with Gasteiger partial charge in [-0.25, -0.2) is 0 Å². The molecule has 140 valence electrons. The van der Waals surface area contributed by atoms with Gasteiger partial charge in [0.15, 0.2) is 5.92 Å². The first kappa shape index (κ1) is 21.6. The van der Waals surface area contributed by atoms with Crippen LogP contribution in [0.5, 0.6) is 0 Å². The first-order valence-electron chi connectivity index (χ1n) is 9.20. The van der Waals surface area contributed by atoms with Crippen LogP contribution in [-0.2, 0) is 19.1 Å². The smallest absolute Gasteiger partial charge is 0.320 e. The molecule has 1 rings (SSSR count). The van der Waals surface area contributed by atoms with Crippen LogP contribution in [0.15, 0.2) is 35.2 Å². The van der Waals surface area contributed by atoms with Crippen LogP contribution in [0.3, 0.4) is 0 Å². The van der Waals surface area contributed by atoms with E-state index in [1.807, 2.05) is 17.8 Å². The van der Waals surface area contributed by atoms with E-state index < -0.39 is 17.9 Å². The summed E-state index contributed by atoms with van der Waals surface area (Å²) in [7, 11) is 0. The average Bonchev–Trinajstić information content (AvgIpc) is 2.61. The molecule has 25 heavy (non-hydrogen) atoms. The summed E-state index contributed by atoms with van der Waals surface area (Å²) in [6.45, 7) is 4.06. The van der Waals surface area contributed by atoms with Crippen LogP contribution >= 0.6 is 11.8 Å². The molecule has 0 aliphatic rings. The van der Waals surface area contributed by atoms with Crippen LogP contribution in [0, 0.1) is 5.92 Å². The van der Waals surface area contributed by atoms with Gasteiger partial charge in [-0.15, -0.1) is 11.8 Å². The normalized spacial score (nSPS) is 10.7. The lowest BCUT2D eigenvalue weighted by molar-refractivity contribution is -0.161. The van der Waals surface area contributed by atoms with E-state index in [9.17, 15) is 9.59 Å². The van der Waals surface area contributed by atoms with Gasteiger partial charge in [-0.2, -0.15) is 0 Å². The van der Waals surface area contributed by atoms with Crippen molar-refractivity contribution in [2.24, 2.45) is 5.92 Å². The maximum absolute atomic E-state index is 11.9. The molecule has 4 nitrogen and oxygen atoms in total.